The van der Waals surface area contributed by atoms with Gasteiger partial charge in [0.1, 0.15) is 28.4 Å². The number of nitrogens with zero attached hydrogens (tertiary/aromatic N) is 3. The van der Waals surface area contributed by atoms with E-state index in [1.807, 2.05) is 31.2 Å². The number of rotatable bonds is 3. The third-order valence-corrected chi connectivity index (χ3v) is 6.28. The van der Waals surface area contributed by atoms with Gasteiger partial charge in [0.25, 0.3) is 0 Å². The molecule has 0 atom stereocenters. The van der Waals surface area contributed by atoms with E-state index < -0.39 is 5.60 Å². The summed E-state index contributed by atoms with van der Waals surface area (Å²) >= 11 is 0. The van der Waals surface area contributed by atoms with Gasteiger partial charge in [-0.25, -0.2) is 9.97 Å². The van der Waals surface area contributed by atoms with Crippen LogP contribution in [0.3, 0.4) is 0 Å². The first kappa shape index (κ1) is 19.6. The van der Waals surface area contributed by atoms with Gasteiger partial charge < -0.3 is 19.1 Å². The van der Waals surface area contributed by atoms with Gasteiger partial charge in [0.05, 0.1) is 37.4 Å². The molecule has 31 heavy (non-hydrogen) atoms. The Balaban J connectivity index is 1.41. The zero-order valence-corrected chi connectivity index (χ0v) is 18.0. The Morgan fingerprint density at radius 3 is 2.42 bits per heavy atom. The van der Waals surface area contributed by atoms with Gasteiger partial charge in [0, 0.05) is 38.1 Å². The molecule has 1 spiro atoms. The number of para-hydroxylation sites is 2. The van der Waals surface area contributed by atoms with Gasteiger partial charge in [-0.05, 0) is 19.1 Å². The van der Waals surface area contributed by atoms with E-state index in [2.05, 4.69) is 4.90 Å². The van der Waals surface area contributed by atoms with Gasteiger partial charge >= 0.3 is 0 Å². The Labute approximate surface area is 181 Å². The molecule has 0 aliphatic carbocycles. The first-order valence-electron chi connectivity index (χ1n) is 10.5. The number of Topliss-reactive ketones (excluding diaryl/α,β-unsaturated/α-hetero) is 1. The normalized spacial score (nSPS) is 17.4. The summed E-state index contributed by atoms with van der Waals surface area (Å²) in [5.74, 6) is 2.60. The molecule has 0 unspecified atom stereocenters. The molecule has 1 fully saturated rings. The number of aryl methyl sites for hydroxylation is 1. The van der Waals surface area contributed by atoms with Crippen molar-refractivity contribution in [3.63, 3.8) is 0 Å². The van der Waals surface area contributed by atoms with Crippen LogP contribution in [0.25, 0.3) is 11.0 Å². The molecular weight excluding hydrogens is 394 g/mol. The van der Waals surface area contributed by atoms with Crippen LogP contribution in [-0.2, 0) is 0 Å². The van der Waals surface area contributed by atoms with Crippen LogP contribution in [0.4, 0.5) is 5.82 Å². The second kappa shape index (κ2) is 7.41. The van der Waals surface area contributed by atoms with E-state index in [0.717, 1.165) is 48.5 Å². The van der Waals surface area contributed by atoms with E-state index in [1.54, 1.807) is 26.4 Å². The SMILES string of the molecule is COc1cc(OC)c2c(c1)OC1(CCN(c3nc4ccccc4nc3C)CC1)CC2=O. The summed E-state index contributed by atoms with van der Waals surface area (Å²) in [6.07, 6.45) is 1.80. The number of ketones is 1. The van der Waals surface area contributed by atoms with Crippen molar-refractivity contribution < 1.29 is 19.0 Å². The van der Waals surface area contributed by atoms with Crippen molar-refractivity contribution in [2.45, 2.75) is 31.8 Å². The maximum Gasteiger partial charge on any atom is 0.174 e. The number of anilines is 1. The largest absolute Gasteiger partial charge is 0.496 e. The third-order valence-electron chi connectivity index (χ3n) is 6.28. The number of ether oxygens (including phenoxy) is 3. The van der Waals surface area contributed by atoms with Gasteiger partial charge in [-0.1, -0.05) is 12.1 Å². The summed E-state index contributed by atoms with van der Waals surface area (Å²) in [7, 11) is 3.14. The van der Waals surface area contributed by atoms with Crippen molar-refractivity contribution in [3.8, 4) is 17.2 Å². The highest BCUT2D eigenvalue weighted by molar-refractivity contribution is 6.03. The number of benzene rings is 2. The summed E-state index contributed by atoms with van der Waals surface area (Å²) < 4.78 is 17.2. The minimum Gasteiger partial charge on any atom is -0.496 e. The van der Waals surface area contributed by atoms with Crippen molar-refractivity contribution in [1.82, 2.24) is 9.97 Å². The van der Waals surface area contributed by atoms with Crippen molar-refractivity contribution in [2.75, 3.05) is 32.2 Å². The molecule has 0 N–H and O–H groups in total. The van der Waals surface area contributed by atoms with Crippen LogP contribution in [0.15, 0.2) is 36.4 Å². The molecule has 0 bridgehead atoms. The number of methoxy groups -OCH3 is 2. The quantitative estimate of drug-likeness (QED) is 0.636. The smallest absolute Gasteiger partial charge is 0.174 e. The lowest BCUT2D eigenvalue weighted by atomic mass is 9.82. The maximum absolute atomic E-state index is 13.1. The fourth-order valence-corrected chi connectivity index (χ4v) is 4.63. The van der Waals surface area contributed by atoms with Gasteiger partial charge in [0.15, 0.2) is 11.6 Å². The van der Waals surface area contributed by atoms with Crippen molar-refractivity contribution in [1.29, 1.82) is 0 Å². The monoisotopic (exact) mass is 419 g/mol. The van der Waals surface area contributed by atoms with Crippen LogP contribution in [0.1, 0.15) is 35.3 Å². The average molecular weight is 419 g/mol. The predicted octanol–water partition coefficient (Wildman–Crippen LogP) is 3.96. The van der Waals surface area contributed by atoms with Crippen molar-refractivity contribution >= 4 is 22.6 Å². The van der Waals surface area contributed by atoms with E-state index in [0.29, 0.717) is 29.2 Å². The number of aromatic nitrogens is 2. The first-order valence-corrected chi connectivity index (χ1v) is 10.5. The minimum absolute atomic E-state index is 0.0517. The Morgan fingerprint density at radius 2 is 1.74 bits per heavy atom. The molecular formula is C24H25N3O4. The molecule has 7 heteroatoms. The first-order chi connectivity index (χ1) is 15.0. The van der Waals surface area contributed by atoms with Gasteiger partial charge in [0.2, 0.25) is 0 Å². The lowest BCUT2D eigenvalue weighted by Crippen LogP contribution is -2.51. The number of carbonyl (C=O) groups excluding carboxylic acids is 1. The highest BCUT2D eigenvalue weighted by atomic mass is 16.5. The van der Waals surface area contributed by atoms with E-state index >= 15 is 0 Å². The standard InChI is InChI=1S/C24H25N3O4/c1-15-23(26-18-7-5-4-6-17(18)25-15)27-10-8-24(9-11-27)14-19(28)22-20(30-3)12-16(29-2)13-21(22)31-24/h4-7,12-13H,8-11,14H2,1-3H3. The molecule has 0 saturated carbocycles. The highest BCUT2D eigenvalue weighted by Gasteiger charge is 2.44. The second-order valence-electron chi connectivity index (χ2n) is 8.20. The average Bonchev–Trinajstić information content (AvgIpc) is 2.78. The summed E-state index contributed by atoms with van der Waals surface area (Å²) in [6.45, 7) is 3.49. The summed E-state index contributed by atoms with van der Waals surface area (Å²) in [6, 6.07) is 11.4. The van der Waals surface area contributed by atoms with Crippen molar-refractivity contribution in [2.24, 2.45) is 0 Å². The van der Waals surface area contributed by atoms with Crippen LogP contribution in [0.5, 0.6) is 17.2 Å². The van der Waals surface area contributed by atoms with E-state index in [4.69, 9.17) is 24.2 Å². The lowest BCUT2D eigenvalue weighted by molar-refractivity contribution is 0.0224. The van der Waals surface area contributed by atoms with Crippen LogP contribution >= 0.6 is 0 Å². The van der Waals surface area contributed by atoms with Crippen molar-refractivity contribution in [3.05, 3.63) is 47.7 Å². The zero-order chi connectivity index (χ0) is 21.6. The Bertz CT molecular complexity index is 1170. The molecule has 2 aromatic carbocycles. The molecule has 2 aliphatic heterocycles. The van der Waals surface area contributed by atoms with E-state index in [9.17, 15) is 4.79 Å². The fraction of sp³-hybridized carbons (Fsp3) is 0.375. The Kier molecular flexibility index (Phi) is 4.68. The molecule has 160 valence electrons. The predicted molar refractivity (Wildman–Crippen MR) is 118 cm³/mol. The molecule has 3 heterocycles. The minimum atomic E-state index is -0.518. The van der Waals surface area contributed by atoms with E-state index in [-0.39, 0.29) is 5.78 Å². The van der Waals surface area contributed by atoms with Gasteiger partial charge in [-0.15, -0.1) is 0 Å². The molecule has 3 aromatic rings. The number of carbonyl (C=O) groups is 1. The number of piperidine rings is 1. The van der Waals surface area contributed by atoms with Crippen LogP contribution in [0, 0.1) is 6.92 Å². The number of fused-ring (bicyclic) bond motifs is 2. The zero-order valence-electron chi connectivity index (χ0n) is 18.0. The Hall–Kier alpha value is -3.35. The molecule has 2 aliphatic rings. The molecule has 0 radical (unpaired) electrons. The Morgan fingerprint density at radius 1 is 1.03 bits per heavy atom. The molecule has 0 amide bonds. The summed E-state index contributed by atoms with van der Waals surface area (Å²) in [4.78, 5) is 24.9. The van der Waals surface area contributed by atoms with Gasteiger partial charge in [-0.2, -0.15) is 0 Å². The molecule has 7 nitrogen and oxygen atoms in total. The summed E-state index contributed by atoms with van der Waals surface area (Å²) in [5, 5.41) is 0. The van der Waals surface area contributed by atoms with Crippen LogP contribution in [0.2, 0.25) is 0 Å². The third kappa shape index (κ3) is 3.34. The van der Waals surface area contributed by atoms with E-state index in [1.165, 1.54) is 0 Å². The number of hydrogen-bond donors (Lipinski definition) is 0. The lowest BCUT2D eigenvalue weighted by Gasteiger charge is -2.44. The highest BCUT2D eigenvalue weighted by Crippen LogP contribution is 2.45. The molecule has 5 rings (SSSR count). The fourth-order valence-electron chi connectivity index (χ4n) is 4.63. The number of hydrogen-bond acceptors (Lipinski definition) is 7. The topological polar surface area (TPSA) is 73.8 Å². The molecule has 1 saturated heterocycles. The summed E-state index contributed by atoms with van der Waals surface area (Å²) in [5.41, 5.74) is 2.69. The van der Waals surface area contributed by atoms with Crippen LogP contribution < -0.4 is 19.1 Å². The maximum atomic E-state index is 13.1. The van der Waals surface area contributed by atoms with Gasteiger partial charge in [-0.3, -0.25) is 4.79 Å². The molecule has 1 aromatic heterocycles. The van der Waals surface area contributed by atoms with Crippen LogP contribution in [-0.4, -0.2) is 48.7 Å². The second-order valence-corrected chi connectivity index (χ2v) is 8.20.